The Hall–Kier alpha value is -0.940. The number of nitrogens with two attached hydrogens (primary N) is 1. The number of fused-ring (bicyclic) bond motifs is 5. The highest BCUT2D eigenvalue weighted by molar-refractivity contribution is 5.85. The van der Waals surface area contributed by atoms with Crippen LogP contribution in [0.25, 0.3) is 0 Å². The molecule has 26 heavy (non-hydrogen) atoms. The second-order valence-electron chi connectivity index (χ2n) is 9.87. The highest BCUT2D eigenvalue weighted by Crippen LogP contribution is 2.66. The molecule has 4 aliphatic carbocycles. The van der Waals surface area contributed by atoms with Crippen LogP contribution in [-0.4, -0.2) is 35.6 Å². The van der Waals surface area contributed by atoms with Crippen molar-refractivity contribution in [1.29, 1.82) is 0 Å². The topological polar surface area (TPSA) is 89.6 Å². The Labute approximate surface area is 156 Å². The van der Waals surface area contributed by atoms with Crippen LogP contribution in [0.2, 0.25) is 0 Å². The number of carbonyl (C=O) groups is 2. The van der Waals surface area contributed by atoms with E-state index in [4.69, 9.17) is 15.6 Å². The Morgan fingerprint density at radius 1 is 1.08 bits per heavy atom. The van der Waals surface area contributed by atoms with Crippen molar-refractivity contribution >= 4 is 11.8 Å². The van der Waals surface area contributed by atoms with Gasteiger partial charge < -0.3 is 15.6 Å². The number of hydrogen-bond acceptors (Lipinski definition) is 4. The predicted molar refractivity (Wildman–Crippen MR) is 97.5 cm³/mol. The molecule has 5 nitrogen and oxygen atoms in total. The molecule has 0 radical (unpaired) electrons. The molecule has 0 heterocycles. The molecular weight excluding hydrogens is 330 g/mol. The van der Waals surface area contributed by atoms with Crippen molar-refractivity contribution in [2.45, 2.75) is 77.4 Å². The van der Waals surface area contributed by atoms with E-state index in [1.54, 1.807) is 0 Å². The summed E-state index contributed by atoms with van der Waals surface area (Å²) in [6.45, 7) is 4.55. The molecule has 0 aliphatic heterocycles. The van der Waals surface area contributed by atoms with Gasteiger partial charge in [-0.15, -0.1) is 0 Å². The van der Waals surface area contributed by atoms with Gasteiger partial charge >= 0.3 is 5.97 Å². The average Bonchev–Trinajstić information content (AvgIpc) is 2.93. The fourth-order valence-electron chi connectivity index (χ4n) is 7.63. The van der Waals surface area contributed by atoms with Crippen LogP contribution in [0.1, 0.15) is 65.2 Å². The summed E-state index contributed by atoms with van der Waals surface area (Å²) in [5, 5.41) is 8.99. The summed E-state index contributed by atoms with van der Waals surface area (Å²) in [7, 11) is 0. The molecule has 3 N–H and O–H groups in total. The lowest BCUT2D eigenvalue weighted by molar-refractivity contribution is -0.157. The summed E-state index contributed by atoms with van der Waals surface area (Å²) >= 11 is 0. The van der Waals surface area contributed by atoms with Gasteiger partial charge in [-0.1, -0.05) is 13.8 Å². The normalized spacial score (nSPS) is 50.7. The van der Waals surface area contributed by atoms with E-state index in [9.17, 15) is 9.59 Å². The van der Waals surface area contributed by atoms with Crippen LogP contribution in [0.15, 0.2) is 0 Å². The van der Waals surface area contributed by atoms with E-state index in [1.165, 1.54) is 6.42 Å². The van der Waals surface area contributed by atoms with Gasteiger partial charge in [0.05, 0.1) is 12.1 Å². The van der Waals surface area contributed by atoms with E-state index in [-0.39, 0.29) is 35.4 Å². The smallest absolute Gasteiger partial charge is 0.329 e. The number of ketones is 1. The van der Waals surface area contributed by atoms with E-state index >= 15 is 0 Å². The number of carboxylic acids is 1. The van der Waals surface area contributed by atoms with Crippen LogP contribution in [0.3, 0.4) is 0 Å². The largest absolute Gasteiger partial charge is 0.480 e. The molecule has 8 atom stereocenters. The van der Waals surface area contributed by atoms with Gasteiger partial charge in [-0.05, 0) is 79.4 Å². The third-order valence-corrected chi connectivity index (χ3v) is 8.98. The molecule has 0 bridgehead atoms. The maximum absolute atomic E-state index is 12.2. The summed E-state index contributed by atoms with van der Waals surface area (Å²) in [5.74, 6) is 1.67. The van der Waals surface area contributed by atoms with E-state index in [0.29, 0.717) is 30.1 Å². The van der Waals surface area contributed by atoms with Gasteiger partial charge in [0, 0.05) is 6.42 Å². The third kappa shape index (κ3) is 2.57. The SMILES string of the molecule is C[C@]12CCC(=O)C(N)C1CC[C@@H]1[C@H]2CC[C@]2(C)C(OCC(=O)O)CC[C@@H]12. The van der Waals surface area contributed by atoms with E-state index in [1.807, 2.05) is 0 Å². The fourth-order valence-corrected chi connectivity index (χ4v) is 7.63. The highest BCUT2D eigenvalue weighted by atomic mass is 16.5. The van der Waals surface area contributed by atoms with Crippen molar-refractivity contribution in [2.24, 2.45) is 40.2 Å². The van der Waals surface area contributed by atoms with Crippen molar-refractivity contribution in [2.75, 3.05) is 6.61 Å². The number of ether oxygens (including phenoxy) is 1. The van der Waals surface area contributed by atoms with Crippen LogP contribution in [0.4, 0.5) is 0 Å². The van der Waals surface area contributed by atoms with Gasteiger partial charge in [0.15, 0.2) is 0 Å². The minimum atomic E-state index is -0.875. The maximum Gasteiger partial charge on any atom is 0.329 e. The Balaban J connectivity index is 1.55. The lowest BCUT2D eigenvalue weighted by Crippen LogP contribution is -2.59. The molecular formula is C21H33NO4. The zero-order valence-corrected chi connectivity index (χ0v) is 16.1. The Morgan fingerprint density at radius 2 is 1.77 bits per heavy atom. The lowest BCUT2D eigenvalue weighted by atomic mass is 9.44. The van der Waals surface area contributed by atoms with Gasteiger partial charge in [-0.3, -0.25) is 4.79 Å². The molecule has 0 aromatic heterocycles. The van der Waals surface area contributed by atoms with Crippen molar-refractivity contribution < 1.29 is 19.4 Å². The summed E-state index contributed by atoms with van der Waals surface area (Å²) in [6, 6.07) is -0.266. The van der Waals surface area contributed by atoms with Gasteiger partial charge in [0.1, 0.15) is 12.4 Å². The third-order valence-electron chi connectivity index (χ3n) is 8.98. The zero-order chi connectivity index (χ0) is 18.7. The van der Waals surface area contributed by atoms with Gasteiger partial charge in [0.2, 0.25) is 0 Å². The van der Waals surface area contributed by atoms with Crippen LogP contribution < -0.4 is 5.73 Å². The Morgan fingerprint density at radius 3 is 2.50 bits per heavy atom. The zero-order valence-electron chi connectivity index (χ0n) is 16.1. The van der Waals surface area contributed by atoms with Gasteiger partial charge in [0.25, 0.3) is 0 Å². The standard InChI is InChI=1S/C21H33NO4/c1-20-10-8-16(23)19(22)15(20)4-3-12-13-5-6-17(26-11-18(24)25)21(13,2)9-7-14(12)20/h12-15,17,19H,3-11,22H2,1-2H3,(H,24,25)/t12-,13-,14+,15?,17?,19?,20+,21-/m0/s1. The fraction of sp³-hybridized carbons (Fsp3) is 0.905. The van der Waals surface area contributed by atoms with Crippen molar-refractivity contribution in [3.8, 4) is 0 Å². The molecule has 4 fully saturated rings. The molecule has 0 amide bonds. The van der Waals surface area contributed by atoms with Gasteiger partial charge in [-0.25, -0.2) is 4.79 Å². The minimum Gasteiger partial charge on any atom is -0.480 e. The van der Waals surface area contributed by atoms with Crippen LogP contribution in [0.5, 0.6) is 0 Å². The number of carboxylic acid groups (broad SMARTS) is 1. The average molecular weight is 363 g/mol. The monoisotopic (exact) mass is 363 g/mol. The number of aliphatic carboxylic acids is 1. The minimum absolute atomic E-state index is 0.0743. The first-order valence-electron chi connectivity index (χ1n) is 10.4. The summed E-state index contributed by atoms with van der Waals surface area (Å²) < 4.78 is 5.82. The first-order chi connectivity index (χ1) is 12.3. The number of hydrogen-bond donors (Lipinski definition) is 2. The molecule has 0 spiro atoms. The Bertz CT molecular complexity index is 607. The lowest BCUT2D eigenvalue weighted by Gasteiger charge is -2.61. The molecule has 4 aliphatic rings. The van der Waals surface area contributed by atoms with Gasteiger partial charge in [-0.2, -0.15) is 0 Å². The van der Waals surface area contributed by atoms with Crippen molar-refractivity contribution in [1.82, 2.24) is 0 Å². The molecule has 4 rings (SSSR count). The summed E-state index contributed by atoms with van der Waals surface area (Å²) in [4.78, 5) is 23.1. The molecule has 4 saturated carbocycles. The molecule has 146 valence electrons. The van der Waals surface area contributed by atoms with E-state index < -0.39 is 5.97 Å². The molecule has 0 aromatic carbocycles. The second-order valence-corrected chi connectivity index (χ2v) is 9.87. The van der Waals surface area contributed by atoms with Crippen molar-refractivity contribution in [3.05, 3.63) is 0 Å². The second kappa shape index (κ2) is 6.30. The number of Topliss-reactive ketones (excluding diaryl/α,β-unsaturated/α-hetero) is 1. The molecule has 0 aromatic rings. The van der Waals surface area contributed by atoms with Crippen LogP contribution >= 0.6 is 0 Å². The summed E-state index contributed by atoms with van der Waals surface area (Å²) in [6.07, 6.45) is 8.34. The quantitative estimate of drug-likeness (QED) is 0.804. The number of rotatable bonds is 3. The first-order valence-corrected chi connectivity index (χ1v) is 10.4. The molecule has 3 unspecified atom stereocenters. The summed E-state index contributed by atoms with van der Waals surface area (Å²) in [5.41, 5.74) is 6.63. The number of carbonyl (C=O) groups excluding carboxylic acids is 1. The predicted octanol–water partition coefficient (Wildman–Crippen LogP) is 3.01. The highest BCUT2D eigenvalue weighted by Gasteiger charge is 2.61. The molecule has 0 saturated heterocycles. The van der Waals surface area contributed by atoms with Crippen molar-refractivity contribution in [3.63, 3.8) is 0 Å². The Kier molecular flexibility index (Phi) is 4.47. The van der Waals surface area contributed by atoms with E-state index in [2.05, 4.69) is 13.8 Å². The van der Waals surface area contributed by atoms with Crippen LogP contribution in [-0.2, 0) is 14.3 Å². The molecule has 5 heteroatoms. The van der Waals surface area contributed by atoms with Crippen LogP contribution in [0, 0.1) is 34.5 Å². The van der Waals surface area contributed by atoms with E-state index in [0.717, 1.165) is 38.5 Å². The maximum atomic E-state index is 12.2. The first kappa shape index (κ1) is 18.4.